The number of carbonyl (C=O) groups is 1. The van der Waals surface area contributed by atoms with E-state index in [1.165, 1.54) is 4.52 Å². The maximum absolute atomic E-state index is 11.5. The van der Waals surface area contributed by atoms with Gasteiger partial charge >= 0.3 is 6.09 Å². The molecule has 0 bridgehead atoms. The van der Waals surface area contributed by atoms with Crippen LogP contribution in [-0.2, 0) is 11.3 Å². The minimum absolute atomic E-state index is 0.234. The van der Waals surface area contributed by atoms with Gasteiger partial charge in [-0.05, 0) is 30.7 Å². The number of benzene rings is 1. The second-order valence-electron chi connectivity index (χ2n) is 5.77. The van der Waals surface area contributed by atoms with Gasteiger partial charge < -0.3 is 23.7 Å². The summed E-state index contributed by atoms with van der Waals surface area (Å²) >= 11 is 0. The van der Waals surface area contributed by atoms with E-state index < -0.39 is 6.09 Å². The van der Waals surface area contributed by atoms with Crippen LogP contribution in [0, 0.1) is 0 Å². The summed E-state index contributed by atoms with van der Waals surface area (Å²) in [5.74, 6) is 2.30. The van der Waals surface area contributed by atoms with Crippen molar-refractivity contribution in [3.8, 4) is 23.1 Å². The predicted octanol–water partition coefficient (Wildman–Crippen LogP) is 2.90. The molecule has 10 nitrogen and oxygen atoms in total. The molecule has 2 heterocycles. The first-order chi connectivity index (χ1) is 14.1. The Labute approximate surface area is 167 Å². The van der Waals surface area contributed by atoms with Crippen LogP contribution in [-0.4, -0.2) is 48.6 Å². The summed E-state index contributed by atoms with van der Waals surface area (Å²) in [7, 11) is 4.66. The Morgan fingerprint density at radius 3 is 2.45 bits per heavy atom. The highest BCUT2D eigenvalue weighted by molar-refractivity contribution is 5.83. The first-order valence-electron chi connectivity index (χ1n) is 8.79. The van der Waals surface area contributed by atoms with Crippen LogP contribution >= 0.6 is 0 Å². The van der Waals surface area contributed by atoms with E-state index in [0.29, 0.717) is 34.6 Å². The van der Waals surface area contributed by atoms with Crippen molar-refractivity contribution < 1.29 is 28.5 Å². The molecule has 0 atom stereocenters. The van der Waals surface area contributed by atoms with Crippen molar-refractivity contribution >= 4 is 17.6 Å². The fourth-order valence-corrected chi connectivity index (χ4v) is 2.65. The zero-order valence-corrected chi connectivity index (χ0v) is 16.6. The molecule has 0 fully saturated rings. The minimum atomic E-state index is -0.574. The van der Waals surface area contributed by atoms with Crippen LogP contribution in [0.25, 0.3) is 5.65 Å². The lowest BCUT2D eigenvalue weighted by atomic mass is 10.2. The number of nitrogens with one attached hydrogen (secondary N) is 1. The van der Waals surface area contributed by atoms with Crippen LogP contribution in [0.1, 0.15) is 12.5 Å². The molecule has 0 aliphatic carbocycles. The van der Waals surface area contributed by atoms with E-state index in [1.54, 1.807) is 58.7 Å². The normalized spacial score (nSPS) is 10.5. The number of amides is 1. The summed E-state index contributed by atoms with van der Waals surface area (Å²) in [5.41, 5.74) is 1.37. The maximum Gasteiger partial charge on any atom is 0.412 e. The minimum Gasteiger partial charge on any atom is -0.493 e. The Morgan fingerprint density at radius 1 is 1.10 bits per heavy atom. The summed E-state index contributed by atoms with van der Waals surface area (Å²) in [6.07, 6.45) is 0.994. The van der Waals surface area contributed by atoms with Crippen LogP contribution in [0.3, 0.4) is 0 Å². The quantitative estimate of drug-likeness (QED) is 0.613. The molecule has 29 heavy (non-hydrogen) atoms. The van der Waals surface area contributed by atoms with Gasteiger partial charge in [0.25, 0.3) is 0 Å². The lowest BCUT2D eigenvalue weighted by Gasteiger charge is -2.14. The van der Waals surface area contributed by atoms with Crippen LogP contribution in [0.2, 0.25) is 0 Å². The fraction of sp³-hybridized carbons (Fsp3) is 0.316. The second-order valence-corrected chi connectivity index (χ2v) is 5.77. The first kappa shape index (κ1) is 20.1. The van der Waals surface area contributed by atoms with Gasteiger partial charge in [-0.3, -0.25) is 5.32 Å². The lowest BCUT2D eigenvalue weighted by molar-refractivity contribution is 0.168. The molecule has 154 valence electrons. The van der Waals surface area contributed by atoms with Gasteiger partial charge in [0.15, 0.2) is 23.0 Å². The fourth-order valence-electron chi connectivity index (χ4n) is 2.65. The van der Waals surface area contributed by atoms with Crippen molar-refractivity contribution in [2.75, 3.05) is 33.3 Å². The zero-order valence-electron chi connectivity index (χ0n) is 16.6. The van der Waals surface area contributed by atoms with Crippen LogP contribution in [0.5, 0.6) is 23.1 Å². The third-order valence-corrected chi connectivity index (χ3v) is 3.91. The summed E-state index contributed by atoms with van der Waals surface area (Å²) in [6, 6.07) is 7.03. The Kier molecular flexibility index (Phi) is 6.22. The van der Waals surface area contributed by atoms with E-state index in [-0.39, 0.29) is 13.2 Å². The number of carbonyl (C=O) groups excluding carboxylic acids is 1. The van der Waals surface area contributed by atoms with E-state index in [4.69, 9.17) is 23.7 Å². The Balaban J connectivity index is 1.74. The average Bonchev–Trinajstić information content (AvgIpc) is 3.12. The van der Waals surface area contributed by atoms with Gasteiger partial charge in [0, 0.05) is 6.07 Å². The highest BCUT2D eigenvalue weighted by Crippen LogP contribution is 2.38. The molecule has 1 N–H and O–H groups in total. The van der Waals surface area contributed by atoms with Crippen molar-refractivity contribution in [3.05, 3.63) is 36.0 Å². The zero-order chi connectivity index (χ0) is 20.8. The van der Waals surface area contributed by atoms with Gasteiger partial charge in [0.2, 0.25) is 11.6 Å². The Hall–Kier alpha value is -3.69. The molecule has 1 aromatic carbocycles. The van der Waals surface area contributed by atoms with Crippen LogP contribution < -0.4 is 24.3 Å². The molecule has 0 saturated heterocycles. The van der Waals surface area contributed by atoms with E-state index >= 15 is 0 Å². The number of rotatable bonds is 8. The van der Waals surface area contributed by atoms with Gasteiger partial charge in [-0.1, -0.05) is 0 Å². The topological polar surface area (TPSA) is 105 Å². The van der Waals surface area contributed by atoms with Crippen molar-refractivity contribution in [1.82, 2.24) is 14.6 Å². The first-order valence-corrected chi connectivity index (χ1v) is 8.79. The smallest absolute Gasteiger partial charge is 0.412 e. The molecular formula is C19H22N4O6. The SMILES string of the molecule is CCOC(=O)Nc1cn2nc(OCc3cc(OC)c(OC)c(OC)c3)ccc2n1. The molecule has 10 heteroatoms. The molecule has 3 rings (SSSR count). The van der Waals surface area contributed by atoms with Gasteiger partial charge in [-0.25, -0.2) is 14.3 Å². The van der Waals surface area contributed by atoms with Crippen molar-refractivity contribution in [2.24, 2.45) is 0 Å². The number of nitrogens with zero attached hydrogens (tertiary/aromatic N) is 3. The van der Waals surface area contributed by atoms with E-state index in [2.05, 4.69) is 15.4 Å². The van der Waals surface area contributed by atoms with Gasteiger partial charge in [-0.2, -0.15) is 0 Å². The van der Waals surface area contributed by atoms with Crippen LogP contribution in [0.15, 0.2) is 30.5 Å². The largest absolute Gasteiger partial charge is 0.493 e. The summed E-state index contributed by atoms with van der Waals surface area (Å²) < 4.78 is 28.1. The van der Waals surface area contributed by atoms with E-state index in [9.17, 15) is 4.79 Å². The lowest BCUT2D eigenvalue weighted by Crippen LogP contribution is -2.13. The third-order valence-electron chi connectivity index (χ3n) is 3.91. The second kappa shape index (κ2) is 9.00. The van der Waals surface area contributed by atoms with E-state index in [1.807, 2.05) is 0 Å². The van der Waals surface area contributed by atoms with Gasteiger partial charge in [0.05, 0.1) is 34.1 Å². The Bertz CT molecular complexity index is 979. The third kappa shape index (κ3) is 4.60. The molecule has 0 spiro atoms. The molecule has 0 radical (unpaired) electrons. The molecule has 0 aliphatic heterocycles. The predicted molar refractivity (Wildman–Crippen MR) is 104 cm³/mol. The summed E-state index contributed by atoms with van der Waals surface area (Å²) in [4.78, 5) is 15.8. The van der Waals surface area contributed by atoms with Crippen LogP contribution in [0.4, 0.5) is 10.6 Å². The molecule has 0 aliphatic rings. The molecule has 0 saturated carbocycles. The number of methoxy groups -OCH3 is 3. The number of imidazole rings is 1. The number of fused-ring (bicyclic) bond motifs is 1. The molecule has 3 aromatic rings. The number of aromatic nitrogens is 3. The number of hydrogen-bond donors (Lipinski definition) is 1. The molecule has 1 amide bonds. The molecule has 0 unspecified atom stereocenters. The number of ether oxygens (including phenoxy) is 5. The maximum atomic E-state index is 11.5. The summed E-state index contributed by atoms with van der Waals surface area (Å²) in [6.45, 7) is 2.23. The van der Waals surface area contributed by atoms with Crippen molar-refractivity contribution in [1.29, 1.82) is 0 Å². The molecular weight excluding hydrogens is 380 g/mol. The number of anilines is 1. The van der Waals surface area contributed by atoms with Gasteiger partial charge in [0.1, 0.15) is 6.61 Å². The standard InChI is InChI=1S/C19H22N4O6/c1-5-28-19(24)21-15-10-23-16(20-15)6-7-17(22-23)29-11-12-8-13(25-2)18(27-4)14(9-12)26-3/h6-10H,5,11H2,1-4H3,(H,21,24). The highest BCUT2D eigenvalue weighted by Gasteiger charge is 2.14. The average molecular weight is 402 g/mol. The van der Waals surface area contributed by atoms with E-state index in [0.717, 1.165) is 5.56 Å². The highest BCUT2D eigenvalue weighted by atomic mass is 16.5. The molecule has 2 aromatic heterocycles. The van der Waals surface area contributed by atoms with Crippen molar-refractivity contribution in [2.45, 2.75) is 13.5 Å². The monoisotopic (exact) mass is 402 g/mol. The van der Waals surface area contributed by atoms with Crippen molar-refractivity contribution in [3.63, 3.8) is 0 Å². The Morgan fingerprint density at radius 2 is 1.83 bits per heavy atom. The van der Waals surface area contributed by atoms with Gasteiger partial charge in [-0.15, -0.1) is 5.10 Å². The summed E-state index contributed by atoms with van der Waals surface area (Å²) in [5, 5.41) is 6.87. The number of hydrogen-bond acceptors (Lipinski definition) is 8.